The first-order valence-corrected chi connectivity index (χ1v) is 7.73. The molecule has 0 saturated carbocycles. The fourth-order valence-corrected chi connectivity index (χ4v) is 3.31. The van der Waals surface area contributed by atoms with Gasteiger partial charge in [-0.15, -0.1) is 0 Å². The molecule has 7 heteroatoms. The monoisotopic (exact) mass is 348 g/mol. The van der Waals surface area contributed by atoms with Crippen molar-refractivity contribution in [3.8, 4) is 0 Å². The van der Waals surface area contributed by atoms with Gasteiger partial charge in [-0.2, -0.15) is 13.2 Å². The molecule has 0 radical (unpaired) electrons. The number of alkyl halides is 3. The number of rotatable bonds is 3. The van der Waals surface area contributed by atoms with Gasteiger partial charge in [-0.3, -0.25) is 0 Å². The first-order valence-electron chi connectivity index (χ1n) is 7.73. The van der Waals surface area contributed by atoms with Crippen LogP contribution in [0.1, 0.15) is 27.2 Å². The standard InChI is InChI=1S/C17H23F3O4/c1-12(5-7-21)4-6-16(22)13(2)10-15(23-8-9-24-15)11-14(16,3)17(18,19)20/h4-6,10,21-22H,7-9,11H2,1-3H3/b6-4+,12-5-/t14-,16-/m1/s1. The second-order valence-corrected chi connectivity index (χ2v) is 6.57. The van der Waals surface area contributed by atoms with Crippen LogP contribution in [0.5, 0.6) is 0 Å². The molecule has 0 amide bonds. The van der Waals surface area contributed by atoms with Crippen molar-refractivity contribution >= 4 is 0 Å². The molecule has 1 saturated heterocycles. The maximum absolute atomic E-state index is 13.9. The number of hydrogen-bond donors (Lipinski definition) is 2. The minimum atomic E-state index is -4.68. The molecule has 0 bridgehead atoms. The van der Waals surface area contributed by atoms with Gasteiger partial charge in [0.25, 0.3) is 0 Å². The Morgan fingerprint density at radius 3 is 2.42 bits per heavy atom. The summed E-state index contributed by atoms with van der Waals surface area (Å²) in [5.41, 5.74) is -4.06. The third kappa shape index (κ3) is 3.06. The summed E-state index contributed by atoms with van der Waals surface area (Å²) in [6, 6.07) is 0. The number of allylic oxidation sites excluding steroid dienone is 2. The summed E-state index contributed by atoms with van der Waals surface area (Å²) in [5.74, 6) is -1.45. The number of halogens is 3. The summed E-state index contributed by atoms with van der Waals surface area (Å²) in [6.45, 7) is 4.24. The van der Waals surface area contributed by atoms with E-state index in [1.54, 1.807) is 6.92 Å². The van der Waals surface area contributed by atoms with E-state index in [-0.39, 0.29) is 25.4 Å². The van der Waals surface area contributed by atoms with Crippen LogP contribution < -0.4 is 0 Å². The van der Waals surface area contributed by atoms with Crippen LogP contribution in [0, 0.1) is 5.41 Å². The summed E-state index contributed by atoms with van der Waals surface area (Å²) in [4.78, 5) is 0. The zero-order chi connectivity index (χ0) is 18.2. The van der Waals surface area contributed by atoms with E-state index in [2.05, 4.69) is 0 Å². The fraction of sp³-hybridized carbons (Fsp3) is 0.647. The molecular formula is C17H23F3O4. The predicted octanol–water partition coefficient (Wildman–Crippen LogP) is 2.87. The lowest BCUT2D eigenvalue weighted by atomic mass is 9.61. The van der Waals surface area contributed by atoms with Gasteiger partial charge in [0.1, 0.15) is 11.0 Å². The Kier molecular flexibility index (Phi) is 5.03. The van der Waals surface area contributed by atoms with E-state index >= 15 is 0 Å². The smallest absolute Gasteiger partial charge is 0.392 e. The predicted molar refractivity (Wildman–Crippen MR) is 82.1 cm³/mol. The lowest BCUT2D eigenvalue weighted by Crippen LogP contribution is -2.61. The minimum absolute atomic E-state index is 0.114. The Bertz CT molecular complexity index is 573. The third-order valence-corrected chi connectivity index (χ3v) is 4.88. The molecule has 1 heterocycles. The lowest BCUT2D eigenvalue weighted by Gasteiger charge is -2.51. The number of aliphatic hydroxyl groups is 2. The van der Waals surface area contributed by atoms with Gasteiger partial charge in [-0.25, -0.2) is 0 Å². The summed E-state index contributed by atoms with van der Waals surface area (Å²) >= 11 is 0. The number of aliphatic hydroxyl groups excluding tert-OH is 1. The molecule has 0 aromatic carbocycles. The van der Waals surface area contributed by atoms with Crippen molar-refractivity contribution in [2.45, 2.75) is 44.8 Å². The largest absolute Gasteiger partial charge is 0.397 e. The zero-order valence-corrected chi connectivity index (χ0v) is 14.0. The van der Waals surface area contributed by atoms with Crippen molar-refractivity contribution in [2.24, 2.45) is 5.41 Å². The van der Waals surface area contributed by atoms with Crippen LogP contribution in [0.4, 0.5) is 13.2 Å². The van der Waals surface area contributed by atoms with Gasteiger partial charge >= 0.3 is 6.18 Å². The maximum atomic E-state index is 13.9. The molecule has 136 valence electrons. The maximum Gasteiger partial charge on any atom is 0.397 e. The second-order valence-electron chi connectivity index (χ2n) is 6.57. The van der Waals surface area contributed by atoms with Crippen molar-refractivity contribution in [3.05, 3.63) is 35.5 Å². The van der Waals surface area contributed by atoms with E-state index < -0.39 is 29.4 Å². The Balaban J connectivity index is 2.55. The summed E-state index contributed by atoms with van der Waals surface area (Å²) in [5, 5.41) is 19.8. The van der Waals surface area contributed by atoms with E-state index in [0.29, 0.717) is 5.57 Å². The van der Waals surface area contributed by atoms with Crippen LogP contribution in [-0.2, 0) is 9.47 Å². The summed E-state index contributed by atoms with van der Waals surface area (Å²) in [6.07, 6.45) is 0.171. The van der Waals surface area contributed by atoms with Gasteiger partial charge in [-0.05, 0) is 38.5 Å². The highest BCUT2D eigenvalue weighted by Gasteiger charge is 2.68. The quantitative estimate of drug-likeness (QED) is 0.608. The van der Waals surface area contributed by atoms with Crippen molar-refractivity contribution in [1.82, 2.24) is 0 Å². The Morgan fingerprint density at radius 1 is 1.33 bits per heavy atom. The van der Waals surface area contributed by atoms with E-state index in [9.17, 15) is 18.3 Å². The topological polar surface area (TPSA) is 58.9 Å². The van der Waals surface area contributed by atoms with Crippen molar-refractivity contribution in [3.63, 3.8) is 0 Å². The molecule has 1 fully saturated rings. The molecule has 1 spiro atoms. The SMILES string of the molecule is CC1=CC2(C[C@@](C)(C(F)(F)F)[C@@]1(O)/C=C/C(C)=C\CO)OCCO2. The number of ether oxygens (including phenoxy) is 2. The van der Waals surface area contributed by atoms with Crippen LogP contribution in [0.2, 0.25) is 0 Å². The number of hydrogen-bond acceptors (Lipinski definition) is 4. The molecule has 2 rings (SSSR count). The summed E-state index contributed by atoms with van der Waals surface area (Å²) < 4.78 is 52.6. The van der Waals surface area contributed by atoms with Crippen molar-refractivity contribution in [2.75, 3.05) is 19.8 Å². The molecule has 1 aliphatic heterocycles. The van der Waals surface area contributed by atoms with Crippen LogP contribution in [-0.4, -0.2) is 47.6 Å². The molecule has 2 atom stereocenters. The Labute approximate surface area is 139 Å². The van der Waals surface area contributed by atoms with Gasteiger partial charge in [0.2, 0.25) is 0 Å². The molecule has 2 aliphatic rings. The van der Waals surface area contributed by atoms with Gasteiger partial charge in [0.05, 0.1) is 19.8 Å². The molecule has 24 heavy (non-hydrogen) atoms. The molecule has 4 nitrogen and oxygen atoms in total. The Morgan fingerprint density at radius 2 is 1.92 bits per heavy atom. The molecular weight excluding hydrogens is 325 g/mol. The average molecular weight is 348 g/mol. The Hall–Kier alpha value is -1.15. The highest BCUT2D eigenvalue weighted by atomic mass is 19.4. The van der Waals surface area contributed by atoms with E-state index in [4.69, 9.17) is 14.6 Å². The first-order chi connectivity index (χ1) is 11.0. The highest BCUT2D eigenvalue weighted by Crippen LogP contribution is 2.58. The van der Waals surface area contributed by atoms with Crippen LogP contribution in [0.15, 0.2) is 35.5 Å². The third-order valence-electron chi connectivity index (χ3n) is 4.88. The normalized spacial score (nSPS) is 34.2. The molecule has 1 aliphatic carbocycles. The van der Waals surface area contributed by atoms with E-state index in [0.717, 1.165) is 13.0 Å². The fourth-order valence-electron chi connectivity index (χ4n) is 3.31. The second kappa shape index (κ2) is 6.29. The van der Waals surface area contributed by atoms with Crippen molar-refractivity contribution in [1.29, 1.82) is 0 Å². The molecule has 0 aromatic heterocycles. The van der Waals surface area contributed by atoms with Crippen LogP contribution in [0.25, 0.3) is 0 Å². The molecule has 0 aromatic rings. The summed E-state index contributed by atoms with van der Waals surface area (Å²) in [7, 11) is 0. The van der Waals surface area contributed by atoms with Gasteiger partial charge in [0.15, 0.2) is 5.79 Å². The van der Waals surface area contributed by atoms with Crippen LogP contribution in [0.3, 0.4) is 0 Å². The van der Waals surface area contributed by atoms with Crippen LogP contribution >= 0.6 is 0 Å². The van der Waals surface area contributed by atoms with E-state index in [1.807, 2.05) is 0 Å². The van der Waals surface area contributed by atoms with Crippen molar-refractivity contribution < 1.29 is 32.9 Å². The van der Waals surface area contributed by atoms with Gasteiger partial charge in [-0.1, -0.05) is 17.7 Å². The molecule has 0 unspecified atom stereocenters. The average Bonchev–Trinajstić information content (AvgIpc) is 2.90. The van der Waals surface area contributed by atoms with Gasteiger partial charge < -0.3 is 19.7 Å². The minimum Gasteiger partial charge on any atom is -0.392 e. The lowest BCUT2D eigenvalue weighted by molar-refractivity contribution is -0.294. The van der Waals surface area contributed by atoms with Gasteiger partial charge in [0, 0.05) is 6.42 Å². The zero-order valence-electron chi connectivity index (χ0n) is 14.0. The van der Waals surface area contributed by atoms with E-state index in [1.165, 1.54) is 25.2 Å². The molecule has 2 N–H and O–H groups in total. The first kappa shape index (κ1) is 19.2. The highest BCUT2D eigenvalue weighted by molar-refractivity contribution is 5.37.